The van der Waals surface area contributed by atoms with Gasteiger partial charge in [-0.15, -0.1) is 0 Å². The summed E-state index contributed by atoms with van der Waals surface area (Å²) in [6.07, 6.45) is 1.57. The molecule has 22 heavy (non-hydrogen) atoms. The van der Waals surface area contributed by atoms with Crippen molar-refractivity contribution in [3.05, 3.63) is 58.1 Å². The minimum Gasteiger partial charge on any atom is -0.497 e. The first-order valence-corrected chi connectivity index (χ1v) is 7.23. The summed E-state index contributed by atoms with van der Waals surface area (Å²) in [4.78, 5) is 12.1. The van der Waals surface area contributed by atoms with Gasteiger partial charge in [0.2, 0.25) is 0 Å². The van der Waals surface area contributed by atoms with Crippen LogP contribution in [0, 0.1) is 0 Å². The molecule has 0 heterocycles. The molecular formula is C16H15BrN2O3. The van der Waals surface area contributed by atoms with E-state index >= 15 is 0 Å². The van der Waals surface area contributed by atoms with Crippen LogP contribution >= 0.6 is 15.9 Å². The standard InChI is InChI=1S/C16H15BrN2O3/c1-21-14-7-12(8-15(9-14)22-2)16(20)19-18-10-11-3-5-13(17)6-4-11/h3-10H,1-2H3,(H,19,20)/b18-10-. The van der Waals surface area contributed by atoms with Crippen LogP contribution < -0.4 is 14.9 Å². The van der Waals surface area contributed by atoms with Gasteiger partial charge in [0.1, 0.15) is 11.5 Å². The van der Waals surface area contributed by atoms with Crippen molar-refractivity contribution < 1.29 is 14.3 Å². The van der Waals surface area contributed by atoms with E-state index in [1.807, 2.05) is 24.3 Å². The summed E-state index contributed by atoms with van der Waals surface area (Å²) in [6, 6.07) is 12.5. The van der Waals surface area contributed by atoms with Crippen molar-refractivity contribution in [1.82, 2.24) is 5.43 Å². The summed E-state index contributed by atoms with van der Waals surface area (Å²) in [5.74, 6) is 0.744. The minimum atomic E-state index is -0.342. The lowest BCUT2D eigenvalue weighted by atomic mass is 10.2. The quantitative estimate of drug-likeness (QED) is 0.656. The highest BCUT2D eigenvalue weighted by Crippen LogP contribution is 2.22. The number of nitrogens with zero attached hydrogens (tertiary/aromatic N) is 1. The van der Waals surface area contributed by atoms with Crippen molar-refractivity contribution >= 4 is 28.1 Å². The Kier molecular flexibility index (Phi) is 5.55. The second-order valence-electron chi connectivity index (χ2n) is 4.35. The molecule has 0 unspecified atom stereocenters. The van der Waals surface area contributed by atoms with Crippen LogP contribution in [0.2, 0.25) is 0 Å². The maximum atomic E-state index is 12.1. The zero-order valence-electron chi connectivity index (χ0n) is 12.2. The molecule has 0 saturated heterocycles. The van der Waals surface area contributed by atoms with E-state index in [1.54, 1.807) is 24.4 Å². The third-order valence-electron chi connectivity index (χ3n) is 2.86. The molecular weight excluding hydrogens is 348 g/mol. The van der Waals surface area contributed by atoms with Crippen LogP contribution in [0.3, 0.4) is 0 Å². The number of rotatable bonds is 5. The zero-order valence-corrected chi connectivity index (χ0v) is 13.8. The first-order chi connectivity index (χ1) is 10.6. The van der Waals surface area contributed by atoms with Crippen molar-refractivity contribution in [3.63, 3.8) is 0 Å². The largest absolute Gasteiger partial charge is 0.497 e. The second kappa shape index (κ2) is 7.61. The van der Waals surface area contributed by atoms with Crippen molar-refractivity contribution in [2.45, 2.75) is 0 Å². The number of hydrogen-bond acceptors (Lipinski definition) is 4. The number of carbonyl (C=O) groups is 1. The number of carbonyl (C=O) groups excluding carboxylic acids is 1. The van der Waals surface area contributed by atoms with E-state index in [9.17, 15) is 4.79 Å². The maximum Gasteiger partial charge on any atom is 0.271 e. The number of hydrogen-bond donors (Lipinski definition) is 1. The van der Waals surface area contributed by atoms with E-state index in [2.05, 4.69) is 26.5 Å². The van der Waals surface area contributed by atoms with Gasteiger partial charge in [-0.05, 0) is 29.8 Å². The van der Waals surface area contributed by atoms with Crippen LogP contribution in [-0.2, 0) is 0 Å². The third kappa shape index (κ3) is 4.33. The molecule has 0 aliphatic carbocycles. The topological polar surface area (TPSA) is 59.9 Å². The molecule has 0 bridgehead atoms. The molecule has 0 aromatic heterocycles. The van der Waals surface area contributed by atoms with Crippen LogP contribution in [0.4, 0.5) is 0 Å². The lowest BCUT2D eigenvalue weighted by Crippen LogP contribution is -2.17. The number of ether oxygens (including phenoxy) is 2. The van der Waals surface area contributed by atoms with Crippen molar-refractivity contribution in [2.24, 2.45) is 5.10 Å². The SMILES string of the molecule is COc1cc(OC)cc(C(=O)N/N=C\c2ccc(Br)cc2)c1. The molecule has 0 saturated carbocycles. The Morgan fingerprint density at radius 3 is 2.23 bits per heavy atom. The smallest absolute Gasteiger partial charge is 0.271 e. The van der Waals surface area contributed by atoms with Gasteiger partial charge in [-0.1, -0.05) is 28.1 Å². The van der Waals surface area contributed by atoms with Crippen LogP contribution in [0.25, 0.3) is 0 Å². The van der Waals surface area contributed by atoms with E-state index in [-0.39, 0.29) is 5.91 Å². The van der Waals surface area contributed by atoms with Crippen LogP contribution in [0.15, 0.2) is 52.0 Å². The fraction of sp³-hybridized carbons (Fsp3) is 0.125. The third-order valence-corrected chi connectivity index (χ3v) is 3.39. The highest BCUT2D eigenvalue weighted by atomic mass is 79.9. The Hall–Kier alpha value is -2.34. The molecule has 2 aromatic carbocycles. The molecule has 1 amide bonds. The van der Waals surface area contributed by atoms with Crippen LogP contribution in [-0.4, -0.2) is 26.3 Å². The van der Waals surface area contributed by atoms with E-state index < -0.39 is 0 Å². The van der Waals surface area contributed by atoms with Gasteiger partial charge in [-0.2, -0.15) is 5.10 Å². The summed E-state index contributed by atoms with van der Waals surface area (Å²) in [5, 5.41) is 3.94. The fourth-order valence-electron chi connectivity index (χ4n) is 1.72. The summed E-state index contributed by atoms with van der Waals surface area (Å²) in [5.41, 5.74) is 3.76. The van der Waals surface area contributed by atoms with Gasteiger partial charge >= 0.3 is 0 Å². The molecule has 6 heteroatoms. The summed E-state index contributed by atoms with van der Waals surface area (Å²) < 4.78 is 11.2. The molecule has 114 valence electrons. The Balaban J connectivity index is 2.07. The van der Waals surface area contributed by atoms with Crippen molar-refractivity contribution in [1.29, 1.82) is 0 Å². The second-order valence-corrected chi connectivity index (χ2v) is 5.27. The maximum absolute atomic E-state index is 12.1. The fourth-order valence-corrected chi connectivity index (χ4v) is 1.98. The number of benzene rings is 2. The van der Waals surface area contributed by atoms with E-state index in [1.165, 1.54) is 14.2 Å². The molecule has 0 aliphatic heterocycles. The van der Waals surface area contributed by atoms with Crippen molar-refractivity contribution in [3.8, 4) is 11.5 Å². The van der Waals surface area contributed by atoms with Gasteiger partial charge in [-0.3, -0.25) is 4.79 Å². The number of methoxy groups -OCH3 is 2. The minimum absolute atomic E-state index is 0.342. The van der Waals surface area contributed by atoms with Gasteiger partial charge in [-0.25, -0.2) is 5.43 Å². The van der Waals surface area contributed by atoms with Crippen LogP contribution in [0.5, 0.6) is 11.5 Å². The predicted octanol–water partition coefficient (Wildman–Crippen LogP) is 3.23. The van der Waals surface area contributed by atoms with Gasteiger partial charge in [0.15, 0.2) is 0 Å². The summed E-state index contributed by atoms with van der Waals surface area (Å²) in [7, 11) is 3.06. The number of nitrogens with one attached hydrogen (secondary N) is 1. The Morgan fingerprint density at radius 1 is 1.09 bits per heavy atom. The molecule has 0 aliphatic rings. The molecule has 5 nitrogen and oxygen atoms in total. The normalized spacial score (nSPS) is 10.5. The highest BCUT2D eigenvalue weighted by Gasteiger charge is 2.08. The molecule has 1 N–H and O–H groups in total. The van der Waals surface area contributed by atoms with Crippen LogP contribution in [0.1, 0.15) is 15.9 Å². The monoisotopic (exact) mass is 362 g/mol. The number of halogens is 1. The molecule has 2 rings (SSSR count). The lowest BCUT2D eigenvalue weighted by Gasteiger charge is -2.07. The van der Waals surface area contributed by atoms with Crippen molar-refractivity contribution in [2.75, 3.05) is 14.2 Å². The Bertz CT molecular complexity index is 662. The van der Waals surface area contributed by atoms with Gasteiger partial charge in [0, 0.05) is 16.1 Å². The lowest BCUT2D eigenvalue weighted by molar-refractivity contribution is 0.0954. The first kappa shape index (κ1) is 16.0. The van der Waals surface area contributed by atoms with E-state index in [0.29, 0.717) is 17.1 Å². The number of amides is 1. The predicted molar refractivity (Wildman–Crippen MR) is 88.7 cm³/mol. The summed E-state index contributed by atoms with van der Waals surface area (Å²) in [6.45, 7) is 0. The molecule has 2 aromatic rings. The van der Waals surface area contributed by atoms with Gasteiger partial charge in [0.05, 0.1) is 20.4 Å². The molecule has 0 atom stereocenters. The molecule has 0 radical (unpaired) electrons. The average molecular weight is 363 g/mol. The molecule has 0 fully saturated rings. The van der Waals surface area contributed by atoms with E-state index in [4.69, 9.17) is 9.47 Å². The Morgan fingerprint density at radius 2 is 1.68 bits per heavy atom. The van der Waals surface area contributed by atoms with E-state index in [0.717, 1.165) is 10.0 Å². The number of hydrazone groups is 1. The zero-order chi connectivity index (χ0) is 15.9. The highest BCUT2D eigenvalue weighted by molar-refractivity contribution is 9.10. The Labute approximate surface area is 137 Å². The average Bonchev–Trinajstić information content (AvgIpc) is 2.56. The summed E-state index contributed by atoms with van der Waals surface area (Å²) >= 11 is 3.36. The first-order valence-electron chi connectivity index (χ1n) is 6.44. The van der Waals surface area contributed by atoms with Gasteiger partial charge in [0.25, 0.3) is 5.91 Å². The molecule has 0 spiro atoms. The van der Waals surface area contributed by atoms with Gasteiger partial charge < -0.3 is 9.47 Å².